The number of rotatable bonds is 5. The second-order valence-corrected chi connectivity index (χ2v) is 8.20. The molecule has 5 nitrogen and oxygen atoms in total. The second-order valence-electron chi connectivity index (χ2n) is 5.63. The summed E-state index contributed by atoms with van der Waals surface area (Å²) in [6, 6.07) is 7.53. The Morgan fingerprint density at radius 1 is 1.23 bits per heavy atom. The van der Waals surface area contributed by atoms with Crippen LogP contribution in [0.1, 0.15) is 25.3 Å². The first-order valence-electron chi connectivity index (χ1n) is 7.61. The van der Waals surface area contributed by atoms with Gasteiger partial charge in [0.1, 0.15) is 5.75 Å². The molecule has 0 bridgehead atoms. The second kappa shape index (κ2) is 7.13. The molecule has 1 heterocycles. The van der Waals surface area contributed by atoms with E-state index in [4.69, 9.17) is 4.74 Å². The molecule has 22 heavy (non-hydrogen) atoms. The third kappa shape index (κ3) is 4.22. The highest BCUT2D eigenvalue weighted by Gasteiger charge is 2.30. The number of hydrogen-bond donors (Lipinski definition) is 0. The van der Waals surface area contributed by atoms with Gasteiger partial charge in [0.2, 0.25) is 0 Å². The molecular weight excluding hydrogens is 302 g/mol. The number of amides is 1. The van der Waals surface area contributed by atoms with E-state index in [9.17, 15) is 13.2 Å². The summed E-state index contributed by atoms with van der Waals surface area (Å²) in [6.07, 6.45) is 1.04. The molecule has 122 valence electrons. The van der Waals surface area contributed by atoms with Crippen LogP contribution in [0, 0.1) is 6.92 Å². The number of nitrogens with zero attached hydrogens (tertiary/aromatic N) is 1. The van der Waals surface area contributed by atoms with Gasteiger partial charge in [-0.1, -0.05) is 24.6 Å². The summed E-state index contributed by atoms with van der Waals surface area (Å²) in [4.78, 5) is 13.8. The van der Waals surface area contributed by atoms with Crippen molar-refractivity contribution in [2.75, 3.05) is 25.4 Å². The highest BCUT2D eigenvalue weighted by molar-refractivity contribution is 7.92. The Balaban J connectivity index is 1.81. The molecule has 1 amide bonds. The summed E-state index contributed by atoms with van der Waals surface area (Å²) >= 11 is 0. The zero-order chi connectivity index (χ0) is 16.2. The lowest BCUT2D eigenvalue weighted by Crippen LogP contribution is -2.44. The standard InChI is InChI=1S/C16H23NO4S/c1-3-22(19,20)15-8-10-17(11-9-15)16(18)12-21-14-6-4-13(2)5-7-14/h4-7,15H,3,8-12H2,1-2H3. The van der Waals surface area contributed by atoms with Crippen LogP contribution < -0.4 is 4.74 Å². The minimum absolute atomic E-state index is 0.00570. The Hall–Kier alpha value is -1.56. The highest BCUT2D eigenvalue weighted by atomic mass is 32.2. The Kier molecular flexibility index (Phi) is 5.45. The lowest BCUT2D eigenvalue weighted by atomic mass is 10.1. The predicted octanol–water partition coefficient (Wildman–Crippen LogP) is 1.80. The maximum Gasteiger partial charge on any atom is 0.260 e. The van der Waals surface area contributed by atoms with Crippen molar-refractivity contribution in [2.24, 2.45) is 0 Å². The number of benzene rings is 1. The average molecular weight is 325 g/mol. The highest BCUT2D eigenvalue weighted by Crippen LogP contribution is 2.19. The molecule has 0 spiro atoms. The molecule has 1 saturated heterocycles. The summed E-state index contributed by atoms with van der Waals surface area (Å²) in [5.41, 5.74) is 1.14. The molecule has 0 N–H and O–H groups in total. The molecular formula is C16H23NO4S. The van der Waals surface area contributed by atoms with Crippen molar-refractivity contribution >= 4 is 15.7 Å². The lowest BCUT2D eigenvalue weighted by Gasteiger charge is -2.31. The largest absolute Gasteiger partial charge is 0.484 e. The van der Waals surface area contributed by atoms with Crippen LogP contribution in [-0.2, 0) is 14.6 Å². The van der Waals surface area contributed by atoms with Gasteiger partial charge in [-0.25, -0.2) is 8.42 Å². The fourth-order valence-corrected chi connectivity index (χ4v) is 3.97. The number of piperidine rings is 1. The summed E-state index contributed by atoms with van der Waals surface area (Å²) in [5.74, 6) is 0.748. The van der Waals surface area contributed by atoms with Crippen LogP contribution in [0.25, 0.3) is 0 Å². The van der Waals surface area contributed by atoms with E-state index >= 15 is 0 Å². The number of likely N-dealkylation sites (tertiary alicyclic amines) is 1. The van der Waals surface area contributed by atoms with Gasteiger partial charge in [-0.05, 0) is 31.9 Å². The van der Waals surface area contributed by atoms with Gasteiger partial charge in [-0.15, -0.1) is 0 Å². The maximum absolute atomic E-state index is 12.1. The quantitative estimate of drug-likeness (QED) is 0.828. The summed E-state index contributed by atoms with van der Waals surface area (Å²) in [7, 11) is -3.00. The smallest absolute Gasteiger partial charge is 0.260 e. The van der Waals surface area contributed by atoms with Crippen molar-refractivity contribution in [2.45, 2.75) is 31.9 Å². The fourth-order valence-electron chi connectivity index (χ4n) is 2.57. The average Bonchev–Trinajstić information content (AvgIpc) is 2.54. The maximum atomic E-state index is 12.1. The van der Waals surface area contributed by atoms with E-state index in [1.54, 1.807) is 11.8 Å². The molecule has 0 saturated carbocycles. The fraction of sp³-hybridized carbons (Fsp3) is 0.562. The Morgan fingerprint density at radius 3 is 2.36 bits per heavy atom. The molecule has 1 fully saturated rings. The van der Waals surface area contributed by atoms with Gasteiger partial charge in [0.05, 0.1) is 5.25 Å². The number of carbonyl (C=O) groups is 1. The van der Waals surface area contributed by atoms with E-state index in [0.29, 0.717) is 31.7 Å². The summed E-state index contributed by atoms with van der Waals surface area (Å²) in [6.45, 7) is 4.62. The molecule has 6 heteroatoms. The molecule has 0 atom stereocenters. The molecule has 1 aliphatic rings. The van der Waals surface area contributed by atoms with Crippen LogP contribution >= 0.6 is 0 Å². The lowest BCUT2D eigenvalue weighted by molar-refractivity contribution is -0.134. The monoisotopic (exact) mass is 325 g/mol. The van der Waals surface area contributed by atoms with Crippen LogP contribution in [0.2, 0.25) is 0 Å². The van der Waals surface area contributed by atoms with Crippen molar-refractivity contribution in [1.82, 2.24) is 4.90 Å². The van der Waals surface area contributed by atoms with E-state index < -0.39 is 9.84 Å². The third-order valence-electron chi connectivity index (χ3n) is 4.09. The van der Waals surface area contributed by atoms with Gasteiger partial charge in [0, 0.05) is 18.8 Å². The van der Waals surface area contributed by atoms with Crippen molar-refractivity contribution in [3.8, 4) is 5.75 Å². The normalized spacial score (nSPS) is 16.5. The topological polar surface area (TPSA) is 63.7 Å². The Bertz CT molecular complexity index is 602. The van der Waals surface area contributed by atoms with Crippen molar-refractivity contribution in [1.29, 1.82) is 0 Å². The number of aryl methyl sites for hydroxylation is 1. The van der Waals surface area contributed by atoms with Crippen LogP contribution in [0.5, 0.6) is 5.75 Å². The molecule has 1 aromatic carbocycles. The van der Waals surface area contributed by atoms with Gasteiger partial charge < -0.3 is 9.64 Å². The SMILES string of the molecule is CCS(=O)(=O)C1CCN(C(=O)COc2ccc(C)cc2)CC1. The van der Waals surface area contributed by atoms with E-state index in [1.165, 1.54) is 0 Å². The molecule has 1 aliphatic heterocycles. The summed E-state index contributed by atoms with van der Waals surface area (Å²) < 4.78 is 29.2. The van der Waals surface area contributed by atoms with E-state index in [2.05, 4.69) is 0 Å². The van der Waals surface area contributed by atoms with E-state index in [0.717, 1.165) is 5.56 Å². The summed E-state index contributed by atoms with van der Waals surface area (Å²) in [5, 5.41) is -0.306. The minimum Gasteiger partial charge on any atom is -0.484 e. The van der Waals surface area contributed by atoms with Crippen LogP contribution in [0.4, 0.5) is 0 Å². The first-order chi connectivity index (χ1) is 10.4. The van der Waals surface area contributed by atoms with Gasteiger partial charge >= 0.3 is 0 Å². The van der Waals surface area contributed by atoms with Crippen LogP contribution in [0.3, 0.4) is 0 Å². The number of hydrogen-bond acceptors (Lipinski definition) is 4. The van der Waals surface area contributed by atoms with Gasteiger partial charge in [-0.3, -0.25) is 4.79 Å². The number of ether oxygens (including phenoxy) is 1. The number of carbonyl (C=O) groups excluding carboxylic acids is 1. The predicted molar refractivity (Wildman–Crippen MR) is 85.7 cm³/mol. The van der Waals surface area contributed by atoms with E-state index in [-0.39, 0.29) is 23.5 Å². The molecule has 2 rings (SSSR count). The van der Waals surface area contributed by atoms with Gasteiger partial charge in [-0.2, -0.15) is 0 Å². The van der Waals surface area contributed by atoms with Gasteiger partial charge in [0.25, 0.3) is 5.91 Å². The van der Waals surface area contributed by atoms with Crippen molar-refractivity contribution in [3.05, 3.63) is 29.8 Å². The molecule has 0 radical (unpaired) electrons. The zero-order valence-corrected chi connectivity index (χ0v) is 13.9. The Morgan fingerprint density at radius 2 is 1.82 bits per heavy atom. The van der Waals surface area contributed by atoms with Crippen LogP contribution in [0.15, 0.2) is 24.3 Å². The third-order valence-corrected chi connectivity index (χ3v) is 6.38. The zero-order valence-electron chi connectivity index (χ0n) is 13.1. The van der Waals surface area contributed by atoms with Crippen molar-refractivity contribution in [3.63, 3.8) is 0 Å². The van der Waals surface area contributed by atoms with Crippen LogP contribution in [-0.4, -0.2) is 49.9 Å². The molecule has 0 aromatic heterocycles. The van der Waals surface area contributed by atoms with Crippen molar-refractivity contribution < 1.29 is 17.9 Å². The minimum atomic E-state index is -3.00. The molecule has 0 unspecified atom stereocenters. The first kappa shape index (κ1) is 16.8. The van der Waals surface area contributed by atoms with E-state index in [1.807, 2.05) is 31.2 Å². The number of sulfone groups is 1. The Labute approximate surface area is 132 Å². The molecule has 1 aromatic rings. The van der Waals surface area contributed by atoms with Gasteiger partial charge in [0.15, 0.2) is 16.4 Å². The first-order valence-corrected chi connectivity index (χ1v) is 9.32. The molecule has 0 aliphatic carbocycles.